The van der Waals surface area contributed by atoms with Gasteiger partial charge < -0.3 is 10.6 Å². The van der Waals surface area contributed by atoms with Crippen molar-refractivity contribution in [2.45, 2.75) is 25.2 Å². The van der Waals surface area contributed by atoms with Crippen LogP contribution < -0.4 is 10.6 Å². The lowest BCUT2D eigenvalue weighted by molar-refractivity contribution is 0.0953. The number of benzene rings is 1. The smallest absolute Gasteiger partial charge is 0.251 e. The summed E-state index contributed by atoms with van der Waals surface area (Å²) in [6.07, 6.45) is 0.819. The summed E-state index contributed by atoms with van der Waals surface area (Å²) < 4.78 is 26.3. The first-order valence-corrected chi connectivity index (χ1v) is 8.94. The zero-order valence-electron chi connectivity index (χ0n) is 13.8. The third-order valence-corrected chi connectivity index (χ3v) is 5.37. The van der Waals surface area contributed by atoms with E-state index in [4.69, 9.17) is 0 Å². The molecule has 0 spiro atoms. The van der Waals surface area contributed by atoms with Gasteiger partial charge in [-0.05, 0) is 38.2 Å². The van der Waals surface area contributed by atoms with E-state index in [1.54, 1.807) is 26.0 Å². The van der Waals surface area contributed by atoms with Crippen molar-refractivity contribution in [2.75, 3.05) is 33.2 Å². The van der Waals surface area contributed by atoms with Crippen LogP contribution in [0.5, 0.6) is 0 Å². The molecule has 0 fully saturated rings. The second kappa shape index (κ2) is 10.6. The fourth-order valence-electron chi connectivity index (χ4n) is 2.08. The Balaban J connectivity index is 0.00000484. The molecule has 6 nitrogen and oxygen atoms in total. The molecule has 0 saturated carbocycles. The van der Waals surface area contributed by atoms with Crippen LogP contribution in [0.2, 0.25) is 0 Å². The highest BCUT2D eigenvalue weighted by Crippen LogP contribution is 2.16. The van der Waals surface area contributed by atoms with E-state index in [9.17, 15) is 13.2 Å². The van der Waals surface area contributed by atoms with Gasteiger partial charge in [-0.2, -0.15) is 4.31 Å². The van der Waals surface area contributed by atoms with E-state index in [0.29, 0.717) is 25.2 Å². The topological polar surface area (TPSA) is 78.5 Å². The van der Waals surface area contributed by atoms with E-state index in [1.165, 1.54) is 16.4 Å². The molecular formula is C15H26ClN3O3S. The highest BCUT2D eigenvalue weighted by atomic mass is 35.5. The van der Waals surface area contributed by atoms with E-state index < -0.39 is 10.0 Å². The van der Waals surface area contributed by atoms with Crippen LogP contribution in [0.25, 0.3) is 0 Å². The Hall–Kier alpha value is -1.15. The van der Waals surface area contributed by atoms with Crippen LogP contribution in [0.3, 0.4) is 0 Å². The predicted octanol–water partition coefficient (Wildman–Crippen LogP) is 1.48. The minimum Gasteiger partial charge on any atom is -0.352 e. The molecule has 0 unspecified atom stereocenters. The maximum Gasteiger partial charge on any atom is 0.251 e. The molecule has 0 aliphatic rings. The second-order valence-corrected chi connectivity index (χ2v) is 6.77. The molecule has 0 aliphatic carbocycles. The Bertz CT molecular complexity index is 589. The molecule has 2 N–H and O–H groups in total. The van der Waals surface area contributed by atoms with Crippen molar-refractivity contribution in [1.29, 1.82) is 0 Å². The lowest BCUT2D eigenvalue weighted by atomic mass is 10.2. The molecule has 1 aromatic carbocycles. The van der Waals surface area contributed by atoms with Crippen LogP contribution in [0.1, 0.15) is 30.6 Å². The maximum absolute atomic E-state index is 12.5. The molecule has 8 heteroatoms. The maximum atomic E-state index is 12.5. The van der Waals surface area contributed by atoms with Gasteiger partial charge in [0.1, 0.15) is 0 Å². The summed E-state index contributed by atoms with van der Waals surface area (Å²) in [6.45, 7) is 5.75. The Labute approximate surface area is 145 Å². The van der Waals surface area contributed by atoms with E-state index in [0.717, 1.165) is 13.0 Å². The van der Waals surface area contributed by atoms with Gasteiger partial charge in [0.25, 0.3) is 5.91 Å². The zero-order valence-corrected chi connectivity index (χ0v) is 15.5. The first-order valence-electron chi connectivity index (χ1n) is 7.50. The summed E-state index contributed by atoms with van der Waals surface area (Å²) in [5.74, 6) is -0.257. The van der Waals surface area contributed by atoms with Gasteiger partial charge >= 0.3 is 0 Å². The molecule has 132 valence electrons. The lowest BCUT2D eigenvalue weighted by Crippen LogP contribution is -2.31. The molecule has 0 heterocycles. The number of hydrogen-bond donors (Lipinski definition) is 2. The number of halogens is 1. The van der Waals surface area contributed by atoms with Gasteiger partial charge in [-0.15, -0.1) is 12.4 Å². The second-order valence-electron chi connectivity index (χ2n) is 4.83. The van der Waals surface area contributed by atoms with Gasteiger partial charge in [-0.3, -0.25) is 4.79 Å². The van der Waals surface area contributed by atoms with Crippen LogP contribution in [0.15, 0.2) is 29.2 Å². The summed E-state index contributed by atoms with van der Waals surface area (Å²) in [5.41, 5.74) is 0.359. The number of nitrogens with one attached hydrogen (secondary N) is 2. The molecule has 1 rings (SSSR count). The van der Waals surface area contributed by atoms with Crippen LogP contribution in [0.4, 0.5) is 0 Å². The van der Waals surface area contributed by atoms with Crippen molar-refractivity contribution in [3.8, 4) is 0 Å². The first-order chi connectivity index (χ1) is 10.5. The number of carbonyl (C=O) groups excluding carboxylic acids is 1. The molecule has 0 aromatic heterocycles. The Morgan fingerprint density at radius 2 is 1.83 bits per heavy atom. The quantitative estimate of drug-likeness (QED) is 0.651. The third-order valence-electron chi connectivity index (χ3n) is 3.33. The number of rotatable bonds is 9. The van der Waals surface area contributed by atoms with Gasteiger partial charge in [-0.1, -0.05) is 19.9 Å². The standard InChI is InChI=1S/C15H25N3O3S.ClH/c1-4-18(5-2)22(20,21)14-9-6-8-13(12-14)15(19)17-11-7-10-16-3;/h6,8-9,12,16H,4-5,7,10-11H2,1-3H3,(H,17,19);1H. The fourth-order valence-corrected chi connectivity index (χ4v) is 3.58. The third kappa shape index (κ3) is 6.10. The molecule has 0 radical (unpaired) electrons. The molecule has 23 heavy (non-hydrogen) atoms. The van der Waals surface area contributed by atoms with Gasteiger partial charge in [0, 0.05) is 25.2 Å². The molecule has 0 saturated heterocycles. The van der Waals surface area contributed by atoms with Crippen molar-refractivity contribution in [2.24, 2.45) is 0 Å². The van der Waals surface area contributed by atoms with Crippen molar-refractivity contribution < 1.29 is 13.2 Å². The average Bonchev–Trinajstić information content (AvgIpc) is 2.52. The summed E-state index contributed by atoms with van der Waals surface area (Å²) in [4.78, 5) is 12.2. The minimum atomic E-state index is -3.54. The van der Waals surface area contributed by atoms with Crippen molar-refractivity contribution in [3.05, 3.63) is 29.8 Å². The van der Waals surface area contributed by atoms with Crippen LogP contribution in [-0.4, -0.2) is 51.9 Å². The average molecular weight is 364 g/mol. The van der Waals surface area contributed by atoms with Crippen molar-refractivity contribution >= 4 is 28.3 Å². The lowest BCUT2D eigenvalue weighted by Gasteiger charge is -2.18. The first kappa shape index (κ1) is 21.9. The summed E-state index contributed by atoms with van der Waals surface area (Å²) >= 11 is 0. The SMILES string of the molecule is CCN(CC)S(=O)(=O)c1cccc(C(=O)NCCCNC)c1.Cl. The predicted molar refractivity (Wildman–Crippen MR) is 94.7 cm³/mol. The van der Waals surface area contributed by atoms with E-state index in [1.807, 2.05) is 7.05 Å². The number of carbonyl (C=O) groups is 1. The monoisotopic (exact) mass is 363 g/mol. The molecular weight excluding hydrogens is 338 g/mol. The fraction of sp³-hybridized carbons (Fsp3) is 0.533. The van der Waals surface area contributed by atoms with E-state index >= 15 is 0 Å². The Kier molecular flexibility index (Phi) is 10.1. The number of hydrogen-bond acceptors (Lipinski definition) is 4. The van der Waals surface area contributed by atoms with Crippen LogP contribution in [-0.2, 0) is 10.0 Å². The van der Waals surface area contributed by atoms with Gasteiger partial charge in [0.2, 0.25) is 10.0 Å². The zero-order chi connectivity index (χ0) is 16.6. The van der Waals surface area contributed by atoms with Crippen LogP contribution in [0, 0.1) is 0 Å². The van der Waals surface area contributed by atoms with Gasteiger partial charge in [0.05, 0.1) is 4.90 Å². The normalized spacial score (nSPS) is 11.1. The van der Waals surface area contributed by atoms with Crippen molar-refractivity contribution in [1.82, 2.24) is 14.9 Å². The number of nitrogens with zero attached hydrogens (tertiary/aromatic N) is 1. The highest BCUT2D eigenvalue weighted by molar-refractivity contribution is 7.89. The minimum absolute atomic E-state index is 0. The molecule has 1 aromatic rings. The highest BCUT2D eigenvalue weighted by Gasteiger charge is 2.22. The molecule has 0 atom stereocenters. The summed E-state index contributed by atoms with van der Waals surface area (Å²) in [6, 6.07) is 6.17. The van der Waals surface area contributed by atoms with Crippen LogP contribution >= 0.6 is 12.4 Å². The number of sulfonamides is 1. The molecule has 0 aliphatic heterocycles. The molecule has 0 bridgehead atoms. The Morgan fingerprint density at radius 1 is 1.17 bits per heavy atom. The van der Waals surface area contributed by atoms with Gasteiger partial charge in [0.15, 0.2) is 0 Å². The molecule has 1 amide bonds. The summed E-state index contributed by atoms with van der Waals surface area (Å²) in [5, 5.41) is 5.78. The van der Waals surface area contributed by atoms with Gasteiger partial charge in [-0.25, -0.2) is 8.42 Å². The number of amides is 1. The van der Waals surface area contributed by atoms with E-state index in [-0.39, 0.29) is 23.2 Å². The Morgan fingerprint density at radius 3 is 2.39 bits per heavy atom. The van der Waals surface area contributed by atoms with Crippen molar-refractivity contribution in [3.63, 3.8) is 0 Å². The van der Waals surface area contributed by atoms with E-state index in [2.05, 4.69) is 10.6 Å². The largest absolute Gasteiger partial charge is 0.352 e. The summed E-state index contributed by atoms with van der Waals surface area (Å²) in [7, 11) is -1.69.